The number of aliphatic hydroxyl groups is 1. The van der Waals surface area contributed by atoms with E-state index in [-0.39, 0.29) is 12.4 Å². The molecule has 0 saturated heterocycles. The van der Waals surface area contributed by atoms with Crippen molar-refractivity contribution in [2.45, 2.75) is 18.8 Å². The normalized spacial score (nSPS) is 12.8. The lowest BCUT2D eigenvalue weighted by atomic mass is 10.2. The molecule has 0 aliphatic carbocycles. The summed E-state index contributed by atoms with van der Waals surface area (Å²) in [6.07, 6.45) is -1.14. The molecule has 23 heavy (non-hydrogen) atoms. The van der Waals surface area contributed by atoms with Crippen LogP contribution in [0.3, 0.4) is 0 Å². The van der Waals surface area contributed by atoms with Gasteiger partial charge in [-0.2, -0.15) is 0 Å². The largest absolute Gasteiger partial charge is 0.491 e. The number of benzene rings is 2. The Hall–Kier alpha value is -1.92. The van der Waals surface area contributed by atoms with Gasteiger partial charge in [-0.1, -0.05) is 29.8 Å². The fourth-order valence-corrected chi connectivity index (χ4v) is 3.60. The summed E-state index contributed by atoms with van der Waals surface area (Å²) < 4.78 is 42.5. The van der Waals surface area contributed by atoms with E-state index in [1.165, 1.54) is 24.3 Å². The number of rotatable bonds is 7. The van der Waals surface area contributed by atoms with Gasteiger partial charge in [-0.25, -0.2) is 12.8 Å². The lowest BCUT2D eigenvalue weighted by Crippen LogP contribution is -2.27. The van der Waals surface area contributed by atoms with Gasteiger partial charge in [0.25, 0.3) is 0 Å². The van der Waals surface area contributed by atoms with E-state index in [9.17, 15) is 17.9 Å². The molecule has 124 valence electrons. The lowest BCUT2D eigenvalue weighted by molar-refractivity contribution is 0.125. The summed E-state index contributed by atoms with van der Waals surface area (Å²) >= 11 is 0. The van der Waals surface area contributed by atoms with Crippen molar-refractivity contribution in [2.24, 2.45) is 0 Å². The molecule has 4 nitrogen and oxygen atoms in total. The topological polar surface area (TPSA) is 63.6 Å². The molecule has 0 saturated carbocycles. The molecule has 0 heterocycles. The van der Waals surface area contributed by atoms with Crippen LogP contribution in [0.4, 0.5) is 4.39 Å². The molecule has 0 fully saturated rings. The maximum Gasteiger partial charge on any atom is 0.157 e. The zero-order valence-corrected chi connectivity index (χ0v) is 13.6. The summed E-state index contributed by atoms with van der Waals surface area (Å²) in [5.74, 6) is -0.667. The third-order valence-electron chi connectivity index (χ3n) is 3.19. The van der Waals surface area contributed by atoms with Crippen LogP contribution in [-0.4, -0.2) is 32.0 Å². The van der Waals surface area contributed by atoms with Crippen LogP contribution in [0.2, 0.25) is 0 Å². The summed E-state index contributed by atoms with van der Waals surface area (Å²) in [5, 5.41) is 9.86. The van der Waals surface area contributed by atoms with Gasteiger partial charge in [-0.3, -0.25) is 0 Å². The third-order valence-corrected chi connectivity index (χ3v) is 4.85. The van der Waals surface area contributed by atoms with Crippen molar-refractivity contribution >= 4 is 9.84 Å². The van der Waals surface area contributed by atoms with E-state index >= 15 is 0 Å². The molecule has 2 aromatic rings. The molecular formula is C17H19FO4S. The number of hydrogen-bond donors (Lipinski definition) is 1. The molecule has 6 heteroatoms. The number of aryl methyl sites for hydroxylation is 1. The fraction of sp³-hybridized carbons (Fsp3) is 0.294. The van der Waals surface area contributed by atoms with E-state index < -0.39 is 27.5 Å². The molecule has 0 aliphatic heterocycles. The zero-order chi connectivity index (χ0) is 16.9. The van der Waals surface area contributed by atoms with Crippen LogP contribution < -0.4 is 4.74 Å². The first-order valence-electron chi connectivity index (χ1n) is 7.16. The second-order valence-electron chi connectivity index (χ2n) is 5.46. The van der Waals surface area contributed by atoms with Crippen LogP contribution in [-0.2, 0) is 15.6 Å². The molecule has 0 radical (unpaired) electrons. The minimum atomic E-state index is -3.56. The van der Waals surface area contributed by atoms with Gasteiger partial charge in [0.2, 0.25) is 0 Å². The predicted molar refractivity (Wildman–Crippen MR) is 86.6 cm³/mol. The summed E-state index contributed by atoms with van der Waals surface area (Å²) in [5.41, 5.74) is 1.44. The minimum absolute atomic E-state index is 0.120. The van der Waals surface area contributed by atoms with Gasteiger partial charge >= 0.3 is 0 Å². The molecule has 2 aromatic carbocycles. The Bertz CT molecular complexity index is 741. The van der Waals surface area contributed by atoms with E-state index in [0.29, 0.717) is 11.3 Å². The highest BCUT2D eigenvalue weighted by Crippen LogP contribution is 2.13. The van der Waals surface area contributed by atoms with Crippen molar-refractivity contribution in [1.82, 2.24) is 0 Å². The van der Waals surface area contributed by atoms with E-state index in [1.807, 2.05) is 19.1 Å². The number of ether oxygens (including phenoxy) is 1. The molecule has 0 aliphatic rings. The van der Waals surface area contributed by atoms with Gasteiger partial charge in [-0.15, -0.1) is 0 Å². The first-order chi connectivity index (χ1) is 10.8. The highest BCUT2D eigenvalue weighted by molar-refractivity contribution is 7.90. The van der Waals surface area contributed by atoms with Crippen molar-refractivity contribution in [1.29, 1.82) is 0 Å². The molecule has 1 N–H and O–H groups in total. The standard InChI is InChI=1S/C17H19FO4S/c1-13-5-7-17(8-6-13)22-10-16(19)12-23(20,21)11-14-3-2-4-15(18)9-14/h2-9,16,19H,10-12H2,1H3. The molecule has 1 unspecified atom stereocenters. The van der Waals surface area contributed by atoms with E-state index in [2.05, 4.69) is 0 Å². The Morgan fingerprint density at radius 2 is 1.87 bits per heavy atom. The Balaban J connectivity index is 1.88. The quantitative estimate of drug-likeness (QED) is 0.842. The highest BCUT2D eigenvalue weighted by atomic mass is 32.2. The summed E-state index contributed by atoms with van der Waals surface area (Å²) in [6.45, 7) is 1.82. The second-order valence-corrected chi connectivity index (χ2v) is 7.57. The molecular weight excluding hydrogens is 319 g/mol. The van der Waals surface area contributed by atoms with Crippen LogP contribution in [0.5, 0.6) is 5.75 Å². The first kappa shape index (κ1) is 17.4. The van der Waals surface area contributed by atoms with E-state index in [4.69, 9.17) is 4.74 Å². The fourth-order valence-electron chi connectivity index (χ4n) is 2.11. The summed E-state index contributed by atoms with van der Waals surface area (Å²) in [4.78, 5) is 0. The lowest BCUT2D eigenvalue weighted by Gasteiger charge is -2.13. The summed E-state index contributed by atoms with van der Waals surface area (Å²) in [6, 6.07) is 12.7. The number of halogens is 1. The number of aliphatic hydroxyl groups excluding tert-OH is 1. The smallest absolute Gasteiger partial charge is 0.157 e. The molecule has 0 amide bonds. The number of hydrogen-bond acceptors (Lipinski definition) is 4. The van der Waals surface area contributed by atoms with Gasteiger partial charge in [0.1, 0.15) is 24.3 Å². The van der Waals surface area contributed by atoms with Crippen molar-refractivity contribution < 1.29 is 22.7 Å². The Kier molecular flexibility index (Phi) is 5.74. The maximum atomic E-state index is 13.1. The summed E-state index contributed by atoms with van der Waals surface area (Å²) in [7, 11) is -3.56. The molecule has 1 atom stereocenters. The average molecular weight is 338 g/mol. The zero-order valence-electron chi connectivity index (χ0n) is 12.8. The minimum Gasteiger partial charge on any atom is -0.491 e. The Morgan fingerprint density at radius 1 is 1.17 bits per heavy atom. The second kappa shape index (κ2) is 7.57. The SMILES string of the molecule is Cc1ccc(OCC(O)CS(=O)(=O)Cc2cccc(F)c2)cc1. The monoisotopic (exact) mass is 338 g/mol. The van der Waals surface area contributed by atoms with Crippen molar-refractivity contribution in [3.05, 3.63) is 65.5 Å². The van der Waals surface area contributed by atoms with Crippen LogP contribution in [0, 0.1) is 12.7 Å². The Labute approximate surface area is 135 Å². The van der Waals surface area contributed by atoms with Crippen LogP contribution in [0.1, 0.15) is 11.1 Å². The predicted octanol–water partition coefficient (Wildman–Crippen LogP) is 2.49. The van der Waals surface area contributed by atoms with E-state index in [1.54, 1.807) is 12.1 Å². The molecule has 2 rings (SSSR count). The van der Waals surface area contributed by atoms with Crippen LogP contribution >= 0.6 is 0 Å². The van der Waals surface area contributed by atoms with Crippen molar-refractivity contribution in [2.75, 3.05) is 12.4 Å². The Morgan fingerprint density at radius 3 is 2.52 bits per heavy atom. The third kappa shape index (κ3) is 6.00. The van der Waals surface area contributed by atoms with Gasteiger partial charge in [0, 0.05) is 0 Å². The van der Waals surface area contributed by atoms with Gasteiger partial charge in [-0.05, 0) is 36.8 Å². The first-order valence-corrected chi connectivity index (χ1v) is 8.98. The van der Waals surface area contributed by atoms with Crippen molar-refractivity contribution in [3.8, 4) is 5.75 Å². The molecule has 0 aromatic heterocycles. The highest BCUT2D eigenvalue weighted by Gasteiger charge is 2.19. The van der Waals surface area contributed by atoms with Crippen molar-refractivity contribution in [3.63, 3.8) is 0 Å². The molecule has 0 spiro atoms. The van der Waals surface area contributed by atoms with E-state index in [0.717, 1.165) is 5.56 Å². The maximum absolute atomic E-state index is 13.1. The van der Waals surface area contributed by atoms with Gasteiger partial charge < -0.3 is 9.84 Å². The molecule has 0 bridgehead atoms. The van der Waals surface area contributed by atoms with Crippen LogP contribution in [0.25, 0.3) is 0 Å². The van der Waals surface area contributed by atoms with Gasteiger partial charge in [0.15, 0.2) is 9.84 Å². The van der Waals surface area contributed by atoms with Gasteiger partial charge in [0.05, 0.1) is 11.5 Å². The number of sulfone groups is 1. The average Bonchev–Trinajstić information content (AvgIpc) is 2.45. The van der Waals surface area contributed by atoms with Crippen LogP contribution in [0.15, 0.2) is 48.5 Å².